The summed E-state index contributed by atoms with van der Waals surface area (Å²) in [6.45, 7) is 6.11. The van der Waals surface area contributed by atoms with E-state index in [4.69, 9.17) is 0 Å². The minimum atomic E-state index is -0.0505. The number of carbonyl (C=O) groups is 1. The van der Waals surface area contributed by atoms with Crippen molar-refractivity contribution < 1.29 is 4.79 Å². The lowest BCUT2D eigenvalue weighted by Gasteiger charge is -2.33. The lowest BCUT2D eigenvalue weighted by atomic mass is 9.91. The Bertz CT molecular complexity index is 414. The Kier molecular flexibility index (Phi) is 3.78. The topological polar surface area (TPSA) is 42.0 Å². The molecule has 1 N–H and O–H groups in total. The zero-order valence-electron chi connectivity index (χ0n) is 10.4. The fraction of sp³-hybridized carbons (Fsp3) is 0.667. The van der Waals surface area contributed by atoms with Gasteiger partial charge in [-0.3, -0.25) is 4.79 Å². The van der Waals surface area contributed by atoms with Crippen LogP contribution < -0.4 is 5.32 Å². The Balaban J connectivity index is 2.06. The van der Waals surface area contributed by atoms with Gasteiger partial charge < -0.3 is 5.32 Å². The fourth-order valence-electron chi connectivity index (χ4n) is 2.17. The Morgan fingerprint density at radius 1 is 1.59 bits per heavy atom. The number of hydrogen-bond donors (Lipinski definition) is 1. The second kappa shape index (κ2) is 4.98. The number of thioether (sulfide) groups is 1. The number of anilines is 1. The first-order chi connectivity index (χ1) is 7.96. The highest BCUT2D eigenvalue weighted by Crippen LogP contribution is 2.43. The zero-order chi connectivity index (χ0) is 12.5. The van der Waals surface area contributed by atoms with Crippen molar-refractivity contribution in [3.8, 4) is 0 Å². The van der Waals surface area contributed by atoms with Gasteiger partial charge in [0.2, 0.25) is 5.91 Å². The van der Waals surface area contributed by atoms with Crippen LogP contribution >= 0.6 is 23.1 Å². The van der Waals surface area contributed by atoms with Gasteiger partial charge in [-0.2, -0.15) is 11.8 Å². The van der Waals surface area contributed by atoms with E-state index in [9.17, 15) is 4.79 Å². The number of nitrogens with zero attached hydrogens (tertiary/aromatic N) is 1. The van der Waals surface area contributed by atoms with Crippen LogP contribution in [0.4, 0.5) is 5.13 Å². The van der Waals surface area contributed by atoms with Crippen molar-refractivity contribution in [2.24, 2.45) is 0 Å². The Hall–Kier alpha value is -0.550. The van der Waals surface area contributed by atoms with Gasteiger partial charge in [-0.25, -0.2) is 4.98 Å². The maximum absolute atomic E-state index is 11.0. The van der Waals surface area contributed by atoms with Crippen molar-refractivity contribution in [1.29, 1.82) is 0 Å². The molecule has 1 aromatic rings. The minimum Gasteiger partial charge on any atom is -0.302 e. The molecule has 1 aliphatic rings. The summed E-state index contributed by atoms with van der Waals surface area (Å²) in [6.07, 6.45) is 2.36. The first-order valence-corrected chi connectivity index (χ1v) is 7.70. The Labute approximate surface area is 110 Å². The first kappa shape index (κ1) is 12.9. The quantitative estimate of drug-likeness (QED) is 0.894. The van der Waals surface area contributed by atoms with Crippen LogP contribution in [-0.2, 0) is 4.79 Å². The molecule has 5 heteroatoms. The van der Waals surface area contributed by atoms with E-state index in [1.54, 1.807) is 0 Å². The molecule has 2 heterocycles. The third-order valence-electron chi connectivity index (χ3n) is 2.92. The van der Waals surface area contributed by atoms with Crippen LogP contribution in [-0.4, -0.2) is 21.4 Å². The third-order valence-corrected chi connectivity index (χ3v) is 5.08. The van der Waals surface area contributed by atoms with Crippen molar-refractivity contribution in [1.82, 2.24) is 4.98 Å². The summed E-state index contributed by atoms with van der Waals surface area (Å²) < 4.78 is 0.348. The lowest BCUT2D eigenvalue weighted by Crippen LogP contribution is -2.25. The van der Waals surface area contributed by atoms with Crippen LogP contribution in [0.2, 0.25) is 0 Å². The van der Waals surface area contributed by atoms with Crippen LogP contribution in [0.1, 0.15) is 45.2 Å². The van der Waals surface area contributed by atoms with Crippen LogP contribution in [0.3, 0.4) is 0 Å². The summed E-state index contributed by atoms with van der Waals surface area (Å²) in [5.41, 5.74) is 1.15. The molecule has 0 spiro atoms. The average molecular weight is 270 g/mol. The van der Waals surface area contributed by atoms with Gasteiger partial charge in [-0.1, -0.05) is 13.8 Å². The number of nitrogens with one attached hydrogen (secondary N) is 1. The molecule has 1 fully saturated rings. The second-order valence-corrected chi connectivity index (χ2v) is 7.72. The molecule has 1 atom stereocenters. The van der Waals surface area contributed by atoms with E-state index in [1.165, 1.54) is 36.9 Å². The molecule has 3 nitrogen and oxygen atoms in total. The van der Waals surface area contributed by atoms with Gasteiger partial charge in [0, 0.05) is 23.0 Å². The number of amides is 1. The molecule has 1 aromatic heterocycles. The van der Waals surface area contributed by atoms with Crippen molar-refractivity contribution in [2.75, 3.05) is 11.1 Å². The molecule has 17 heavy (non-hydrogen) atoms. The maximum Gasteiger partial charge on any atom is 0.223 e. The summed E-state index contributed by atoms with van der Waals surface area (Å²) in [6, 6.07) is 0. The summed E-state index contributed by atoms with van der Waals surface area (Å²) in [7, 11) is 0. The molecule has 0 saturated carbocycles. The first-order valence-electron chi connectivity index (χ1n) is 5.83. The summed E-state index contributed by atoms with van der Waals surface area (Å²) in [5, 5.41) is 5.56. The van der Waals surface area contributed by atoms with E-state index in [-0.39, 0.29) is 5.91 Å². The average Bonchev–Trinajstić information content (AvgIpc) is 2.63. The monoisotopic (exact) mass is 270 g/mol. The molecular formula is C12H18N2OS2. The number of hydrogen-bond acceptors (Lipinski definition) is 4. The molecular weight excluding hydrogens is 252 g/mol. The SMILES string of the molecule is CC(=O)Nc1nc(C2CCSC(C)(C)C2)cs1. The van der Waals surface area contributed by atoms with Crippen LogP contribution in [0.25, 0.3) is 0 Å². The molecule has 1 saturated heterocycles. The normalized spacial score (nSPS) is 23.4. The van der Waals surface area contributed by atoms with E-state index in [0.29, 0.717) is 10.7 Å². The highest BCUT2D eigenvalue weighted by Gasteiger charge is 2.30. The molecule has 0 aromatic carbocycles. The summed E-state index contributed by atoms with van der Waals surface area (Å²) in [5.74, 6) is 1.69. The van der Waals surface area contributed by atoms with Gasteiger partial charge >= 0.3 is 0 Å². The summed E-state index contributed by atoms with van der Waals surface area (Å²) in [4.78, 5) is 15.5. The van der Waals surface area contributed by atoms with E-state index in [0.717, 1.165) is 10.8 Å². The third kappa shape index (κ3) is 3.45. The van der Waals surface area contributed by atoms with Crippen molar-refractivity contribution in [2.45, 2.75) is 44.3 Å². The number of thiazole rings is 1. The largest absolute Gasteiger partial charge is 0.302 e. The Morgan fingerprint density at radius 2 is 2.35 bits per heavy atom. The minimum absolute atomic E-state index is 0.0505. The van der Waals surface area contributed by atoms with E-state index < -0.39 is 0 Å². The molecule has 0 bridgehead atoms. The highest BCUT2D eigenvalue weighted by molar-refractivity contribution is 8.00. The van der Waals surface area contributed by atoms with Crippen molar-refractivity contribution in [3.05, 3.63) is 11.1 Å². The molecule has 1 unspecified atom stereocenters. The van der Waals surface area contributed by atoms with Crippen molar-refractivity contribution >= 4 is 34.1 Å². The van der Waals surface area contributed by atoms with E-state index in [1.807, 2.05) is 11.8 Å². The predicted octanol–water partition coefficient (Wildman–Crippen LogP) is 3.49. The highest BCUT2D eigenvalue weighted by atomic mass is 32.2. The standard InChI is InChI=1S/C12H18N2OS2/c1-8(15)13-11-14-10(7-16-11)9-4-5-17-12(2,3)6-9/h7,9H,4-6H2,1-3H3,(H,13,14,15). The zero-order valence-corrected chi connectivity index (χ0v) is 12.1. The molecule has 0 aliphatic carbocycles. The van der Waals surface area contributed by atoms with Crippen LogP contribution in [0.5, 0.6) is 0 Å². The molecule has 0 radical (unpaired) electrons. The predicted molar refractivity (Wildman–Crippen MR) is 74.9 cm³/mol. The second-order valence-electron chi connectivity index (χ2n) is 5.06. The van der Waals surface area contributed by atoms with Crippen LogP contribution in [0.15, 0.2) is 5.38 Å². The molecule has 94 valence electrons. The fourth-order valence-corrected chi connectivity index (χ4v) is 4.28. The van der Waals surface area contributed by atoms with E-state index in [2.05, 4.69) is 29.5 Å². The van der Waals surface area contributed by atoms with Crippen molar-refractivity contribution in [3.63, 3.8) is 0 Å². The number of aromatic nitrogens is 1. The van der Waals surface area contributed by atoms with Gasteiger partial charge in [0.15, 0.2) is 5.13 Å². The maximum atomic E-state index is 11.0. The van der Waals surface area contributed by atoms with Gasteiger partial charge in [0.05, 0.1) is 5.69 Å². The van der Waals surface area contributed by atoms with Gasteiger partial charge in [0.1, 0.15) is 0 Å². The van der Waals surface area contributed by atoms with Crippen LogP contribution in [0, 0.1) is 0 Å². The van der Waals surface area contributed by atoms with Gasteiger partial charge in [-0.05, 0) is 18.6 Å². The number of rotatable bonds is 2. The summed E-state index contributed by atoms with van der Waals surface area (Å²) >= 11 is 3.56. The molecule has 1 amide bonds. The Morgan fingerprint density at radius 3 is 3.00 bits per heavy atom. The molecule has 2 rings (SSSR count). The van der Waals surface area contributed by atoms with Gasteiger partial charge in [-0.15, -0.1) is 11.3 Å². The number of carbonyl (C=O) groups excluding carboxylic acids is 1. The van der Waals surface area contributed by atoms with Gasteiger partial charge in [0.25, 0.3) is 0 Å². The van der Waals surface area contributed by atoms with E-state index >= 15 is 0 Å². The lowest BCUT2D eigenvalue weighted by molar-refractivity contribution is -0.114. The molecule has 1 aliphatic heterocycles. The smallest absolute Gasteiger partial charge is 0.223 e.